The summed E-state index contributed by atoms with van der Waals surface area (Å²) in [6.45, 7) is 4.93. The molecule has 0 saturated carbocycles. The van der Waals surface area contributed by atoms with Gasteiger partial charge in [0.05, 0.1) is 26.3 Å². The lowest BCUT2D eigenvalue weighted by Gasteiger charge is -2.11. The molecule has 1 rings (SSSR count). The summed E-state index contributed by atoms with van der Waals surface area (Å²) in [5.41, 5.74) is 0. The van der Waals surface area contributed by atoms with E-state index in [1.807, 2.05) is 0 Å². The molecule has 0 spiro atoms. The van der Waals surface area contributed by atoms with E-state index < -0.39 is 0 Å². The summed E-state index contributed by atoms with van der Waals surface area (Å²) < 4.78 is 5.19. The summed E-state index contributed by atoms with van der Waals surface area (Å²) in [7, 11) is 0. The fraction of sp³-hybridized carbons (Fsp3) is 0.556. The van der Waals surface area contributed by atoms with Crippen LogP contribution in [0.4, 0.5) is 4.79 Å². The smallest absolute Gasteiger partial charge is 0.324 e. The second-order valence-corrected chi connectivity index (χ2v) is 2.89. The lowest BCUT2D eigenvalue weighted by atomic mass is 10.4. The Kier molecular flexibility index (Phi) is 4.12. The molecule has 0 atom stereocenters. The average molecular weight is 198 g/mol. The summed E-state index contributed by atoms with van der Waals surface area (Å²) in [5.74, 6) is -0.192. The molecule has 0 aromatic heterocycles. The second kappa shape index (κ2) is 5.39. The molecule has 1 fully saturated rings. The van der Waals surface area contributed by atoms with Gasteiger partial charge in [0.2, 0.25) is 5.91 Å². The highest BCUT2D eigenvalue weighted by Gasteiger charge is 2.27. The van der Waals surface area contributed by atoms with Crippen LogP contribution in [0.25, 0.3) is 0 Å². The van der Waals surface area contributed by atoms with Gasteiger partial charge < -0.3 is 10.1 Å². The average Bonchev–Trinajstić information content (AvgIpc) is 2.48. The Morgan fingerprint density at radius 3 is 2.86 bits per heavy atom. The highest BCUT2D eigenvalue weighted by Crippen LogP contribution is 1.98. The molecule has 1 saturated heterocycles. The van der Waals surface area contributed by atoms with E-state index in [1.54, 1.807) is 6.08 Å². The summed E-state index contributed by atoms with van der Waals surface area (Å²) >= 11 is 0. The number of ether oxygens (including phenoxy) is 1. The van der Waals surface area contributed by atoms with Gasteiger partial charge in [-0.25, -0.2) is 4.79 Å². The topological polar surface area (TPSA) is 58.6 Å². The molecule has 78 valence electrons. The van der Waals surface area contributed by atoms with Crippen LogP contribution in [0.15, 0.2) is 12.7 Å². The fourth-order valence-corrected chi connectivity index (χ4v) is 1.11. The molecule has 5 heteroatoms. The van der Waals surface area contributed by atoms with E-state index in [-0.39, 0.29) is 18.5 Å². The number of amides is 3. The number of urea groups is 1. The van der Waals surface area contributed by atoms with Gasteiger partial charge in [-0.2, -0.15) is 0 Å². The van der Waals surface area contributed by atoms with Gasteiger partial charge in [-0.3, -0.25) is 9.69 Å². The maximum Gasteiger partial charge on any atom is 0.324 e. The van der Waals surface area contributed by atoms with Crippen molar-refractivity contribution in [3.8, 4) is 0 Å². The van der Waals surface area contributed by atoms with Crippen LogP contribution >= 0.6 is 0 Å². The molecular weight excluding hydrogens is 184 g/mol. The van der Waals surface area contributed by atoms with Crippen molar-refractivity contribution in [2.45, 2.75) is 6.42 Å². The Hall–Kier alpha value is -1.36. The van der Waals surface area contributed by atoms with Crippen LogP contribution in [0.5, 0.6) is 0 Å². The number of carbonyl (C=O) groups excluding carboxylic acids is 2. The fourth-order valence-electron chi connectivity index (χ4n) is 1.11. The molecule has 1 heterocycles. The lowest BCUT2D eigenvalue weighted by molar-refractivity contribution is -0.125. The number of hydrogen-bond acceptors (Lipinski definition) is 3. The Morgan fingerprint density at radius 1 is 1.50 bits per heavy atom. The van der Waals surface area contributed by atoms with Crippen molar-refractivity contribution in [1.82, 2.24) is 10.2 Å². The molecule has 1 aliphatic rings. The molecule has 0 aliphatic carbocycles. The molecule has 3 amide bonds. The maximum absolute atomic E-state index is 11.1. The molecule has 0 bridgehead atoms. The highest BCUT2D eigenvalue weighted by atomic mass is 16.5. The molecule has 0 aromatic carbocycles. The minimum Gasteiger partial charge on any atom is -0.379 e. The molecule has 0 unspecified atom stereocenters. The van der Waals surface area contributed by atoms with Crippen LogP contribution in [0.3, 0.4) is 0 Å². The van der Waals surface area contributed by atoms with Gasteiger partial charge in [0.15, 0.2) is 0 Å². The molecular formula is C9H14N2O3. The van der Waals surface area contributed by atoms with E-state index in [4.69, 9.17) is 4.74 Å². The van der Waals surface area contributed by atoms with E-state index in [1.165, 1.54) is 0 Å². The van der Waals surface area contributed by atoms with Crippen molar-refractivity contribution < 1.29 is 14.3 Å². The number of rotatable bonds is 6. The number of imide groups is 1. The van der Waals surface area contributed by atoms with E-state index in [0.29, 0.717) is 19.8 Å². The predicted octanol–water partition coefficient (Wildman–Crippen LogP) is 0.131. The van der Waals surface area contributed by atoms with E-state index >= 15 is 0 Å². The van der Waals surface area contributed by atoms with Gasteiger partial charge >= 0.3 is 6.03 Å². The Balaban J connectivity index is 2.14. The second-order valence-electron chi connectivity index (χ2n) is 2.89. The SMILES string of the molecule is C=CCCOCCN1C(=O)CNC1=O. The first-order chi connectivity index (χ1) is 6.75. The largest absolute Gasteiger partial charge is 0.379 e. The standard InChI is InChI=1S/C9H14N2O3/c1-2-3-5-14-6-4-11-8(12)7-10-9(11)13/h2H,1,3-7H2,(H,10,13). The molecule has 0 radical (unpaired) electrons. The van der Waals surface area contributed by atoms with Crippen molar-refractivity contribution in [2.75, 3.05) is 26.3 Å². The van der Waals surface area contributed by atoms with E-state index in [9.17, 15) is 9.59 Å². The summed E-state index contributed by atoms with van der Waals surface area (Å²) in [4.78, 5) is 23.3. The number of nitrogens with one attached hydrogen (secondary N) is 1. The first kappa shape index (κ1) is 10.7. The van der Waals surface area contributed by atoms with E-state index in [0.717, 1.165) is 11.3 Å². The Morgan fingerprint density at radius 2 is 2.29 bits per heavy atom. The van der Waals surface area contributed by atoms with Crippen molar-refractivity contribution in [1.29, 1.82) is 0 Å². The number of hydrogen-bond donors (Lipinski definition) is 1. The van der Waals surface area contributed by atoms with E-state index in [2.05, 4.69) is 11.9 Å². The van der Waals surface area contributed by atoms with Crippen molar-refractivity contribution >= 4 is 11.9 Å². The zero-order valence-electron chi connectivity index (χ0n) is 7.99. The van der Waals surface area contributed by atoms with Gasteiger partial charge in [0.25, 0.3) is 0 Å². The first-order valence-corrected chi connectivity index (χ1v) is 4.52. The normalized spacial score (nSPS) is 15.9. The third-order valence-corrected chi connectivity index (χ3v) is 1.86. The molecule has 14 heavy (non-hydrogen) atoms. The van der Waals surface area contributed by atoms with Gasteiger partial charge in [-0.05, 0) is 6.42 Å². The van der Waals surface area contributed by atoms with Crippen LogP contribution in [0.1, 0.15) is 6.42 Å². The van der Waals surface area contributed by atoms with Crippen LogP contribution in [0.2, 0.25) is 0 Å². The number of carbonyl (C=O) groups is 2. The zero-order valence-corrected chi connectivity index (χ0v) is 7.99. The quantitative estimate of drug-likeness (QED) is 0.375. The van der Waals surface area contributed by atoms with Crippen molar-refractivity contribution in [3.63, 3.8) is 0 Å². The van der Waals surface area contributed by atoms with Crippen LogP contribution in [-0.2, 0) is 9.53 Å². The highest BCUT2D eigenvalue weighted by molar-refractivity contribution is 6.01. The van der Waals surface area contributed by atoms with Crippen LogP contribution in [-0.4, -0.2) is 43.1 Å². The van der Waals surface area contributed by atoms with Crippen LogP contribution in [0, 0.1) is 0 Å². The van der Waals surface area contributed by atoms with Gasteiger partial charge in [-0.1, -0.05) is 6.08 Å². The van der Waals surface area contributed by atoms with Gasteiger partial charge in [0.1, 0.15) is 0 Å². The lowest BCUT2D eigenvalue weighted by Crippen LogP contribution is -2.34. The Labute approximate surface area is 82.7 Å². The Bertz CT molecular complexity index is 224. The molecule has 0 aromatic rings. The molecule has 1 N–H and O–H groups in total. The van der Waals surface area contributed by atoms with Gasteiger partial charge in [0, 0.05) is 0 Å². The van der Waals surface area contributed by atoms with Crippen molar-refractivity contribution in [2.24, 2.45) is 0 Å². The maximum atomic E-state index is 11.1. The summed E-state index contributed by atoms with van der Waals surface area (Å²) in [6.07, 6.45) is 2.54. The third kappa shape index (κ3) is 2.85. The monoisotopic (exact) mass is 198 g/mol. The number of nitrogens with zero attached hydrogens (tertiary/aromatic N) is 1. The molecule has 1 aliphatic heterocycles. The predicted molar refractivity (Wildman–Crippen MR) is 50.7 cm³/mol. The van der Waals surface area contributed by atoms with Crippen molar-refractivity contribution in [3.05, 3.63) is 12.7 Å². The van der Waals surface area contributed by atoms with Crippen LogP contribution < -0.4 is 5.32 Å². The minimum absolute atomic E-state index is 0.103. The van der Waals surface area contributed by atoms with Gasteiger partial charge in [-0.15, -0.1) is 6.58 Å². The molecule has 5 nitrogen and oxygen atoms in total. The summed E-state index contributed by atoms with van der Waals surface area (Å²) in [6, 6.07) is -0.331. The first-order valence-electron chi connectivity index (χ1n) is 4.52. The third-order valence-electron chi connectivity index (χ3n) is 1.86. The minimum atomic E-state index is -0.331. The summed E-state index contributed by atoms with van der Waals surface area (Å²) in [5, 5.41) is 2.44. The zero-order chi connectivity index (χ0) is 10.4.